The first-order chi connectivity index (χ1) is 4.38. The molecule has 0 aromatic heterocycles. The van der Waals surface area contributed by atoms with Gasteiger partial charge in [-0.1, -0.05) is 0 Å². The molecule has 0 saturated heterocycles. The molecule has 0 spiro atoms. The van der Waals surface area contributed by atoms with Crippen molar-refractivity contribution in [3.05, 3.63) is 11.4 Å². The summed E-state index contributed by atoms with van der Waals surface area (Å²) >= 11 is 0. The Labute approximate surface area is 54.0 Å². The summed E-state index contributed by atoms with van der Waals surface area (Å²) in [6, 6.07) is 0. The van der Waals surface area contributed by atoms with Crippen molar-refractivity contribution in [1.29, 1.82) is 5.53 Å². The largest absolute Gasteiger partial charge is 0.267 e. The zero-order valence-electron chi connectivity index (χ0n) is 5.22. The van der Waals surface area contributed by atoms with Gasteiger partial charge in [0, 0.05) is 0 Å². The predicted molar refractivity (Wildman–Crippen MR) is 35.6 cm³/mol. The molecule has 0 unspecified atom stereocenters. The molecule has 0 atom stereocenters. The normalized spacial score (nSPS) is 18.2. The monoisotopic (exact) mass is 123 g/mol. The van der Waals surface area contributed by atoms with Crippen LogP contribution in [0.1, 0.15) is 19.3 Å². The van der Waals surface area contributed by atoms with Gasteiger partial charge in [-0.2, -0.15) is 5.11 Å². The molecule has 0 bridgehead atoms. The molecule has 1 aliphatic rings. The van der Waals surface area contributed by atoms with Crippen molar-refractivity contribution in [2.75, 3.05) is 0 Å². The first kappa shape index (κ1) is 6.13. The number of rotatable bonds is 2. The van der Waals surface area contributed by atoms with Gasteiger partial charge in [-0.05, 0) is 26.0 Å². The average Bonchev–Trinajstić information content (AvgIpc) is 2.33. The molecule has 1 N–H and O–H groups in total. The number of nitrogens with zero attached hydrogens (tertiary/aromatic N) is 2. The zero-order valence-corrected chi connectivity index (χ0v) is 5.22. The molecule has 3 heteroatoms. The van der Waals surface area contributed by atoms with Crippen molar-refractivity contribution in [3.8, 4) is 0 Å². The summed E-state index contributed by atoms with van der Waals surface area (Å²) in [4.78, 5) is 3.76. The SMILES string of the molecule is C=NC1=C(N=N)CCC1. The molecule has 0 aromatic rings. The Morgan fingerprint density at radius 1 is 1.33 bits per heavy atom. The van der Waals surface area contributed by atoms with E-state index in [4.69, 9.17) is 5.53 Å². The topological polar surface area (TPSA) is 48.6 Å². The molecular formula is C6H9N3. The summed E-state index contributed by atoms with van der Waals surface area (Å²) in [5, 5.41) is 3.34. The predicted octanol–water partition coefficient (Wildman–Crippen LogP) is 2.11. The Morgan fingerprint density at radius 3 is 2.44 bits per heavy atom. The highest BCUT2D eigenvalue weighted by molar-refractivity contribution is 5.32. The molecule has 0 aliphatic heterocycles. The number of aliphatic imine (C=N–C) groups is 1. The third-order valence-corrected chi connectivity index (χ3v) is 1.49. The average molecular weight is 123 g/mol. The lowest BCUT2D eigenvalue weighted by molar-refractivity contribution is 0.871. The maximum atomic E-state index is 6.71. The molecule has 0 fully saturated rings. The van der Waals surface area contributed by atoms with E-state index in [9.17, 15) is 0 Å². The zero-order chi connectivity index (χ0) is 6.69. The molecule has 3 nitrogen and oxygen atoms in total. The summed E-state index contributed by atoms with van der Waals surface area (Å²) in [7, 11) is 0. The van der Waals surface area contributed by atoms with Crippen molar-refractivity contribution in [2.45, 2.75) is 19.3 Å². The standard InChI is InChI=1S/C6H9N3/c1-8-5-3-2-4-6(5)9-7/h7H,1-4H2. The van der Waals surface area contributed by atoms with Crippen LogP contribution < -0.4 is 0 Å². The van der Waals surface area contributed by atoms with Gasteiger partial charge in [-0.3, -0.25) is 4.99 Å². The van der Waals surface area contributed by atoms with E-state index in [-0.39, 0.29) is 0 Å². The van der Waals surface area contributed by atoms with E-state index in [2.05, 4.69) is 16.8 Å². The number of hydrogen-bond donors (Lipinski definition) is 1. The van der Waals surface area contributed by atoms with Crippen LogP contribution in [-0.2, 0) is 0 Å². The Bertz CT molecular complexity index is 151. The van der Waals surface area contributed by atoms with Crippen LogP contribution in [-0.4, -0.2) is 6.72 Å². The van der Waals surface area contributed by atoms with Crippen molar-refractivity contribution in [3.63, 3.8) is 0 Å². The van der Waals surface area contributed by atoms with Crippen molar-refractivity contribution in [2.24, 2.45) is 10.1 Å². The smallest absolute Gasteiger partial charge is 0.0837 e. The third kappa shape index (κ3) is 1.04. The molecular weight excluding hydrogens is 114 g/mol. The van der Waals surface area contributed by atoms with E-state index in [1.54, 1.807) is 0 Å². The van der Waals surface area contributed by atoms with Gasteiger partial charge in [0.05, 0.1) is 11.4 Å². The molecule has 0 aromatic carbocycles. The Hall–Kier alpha value is -0.990. The number of allylic oxidation sites excluding steroid dienone is 2. The van der Waals surface area contributed by atoms with Crippen LogP contribution in [0.15, 0.2) is 21.5 Å². The van der Waals surface area contributed by atoms with Crippen molar-refractivity contribution >= 4 is 6.72 Å². The van der Waals surface area contributed by atoms with E-state index < -0.39 is 0 Å². The first-order valence-corrected chi connectivity index (χ1v) is 2.94. The highest BCUT2D eigenvalue weighted by atomic mass is 15.0. The second kappa shape index (κ2) is 2.53. The van der Waals surface area contributed by atoms with Crippen LogP contribution in [0.4, 0.5) is 0 Å². The van der Waals surface area contributed by atoms with Gasteiger partial charge in [0.2, 0.25) is 0 Å². The Balaban J connectivity index is 2.81. The number of hydrogen-bond acceptors (Lipinski definition) is 3. The van der Waals surface area contributed by atoms with E-state index in [1.807, 2.05) is 0 Å². The minimum atomic E-state index is 0.810. The summed E-state index contributed by atoms with van der Waals surface area (Å²) in [6.45, 7) is 3.39. The molecule has 9 heavy (non-hydrogen) atoms. The summed E-state index contributed by atoms with van der Waals surface area (Å²) < 4.78 is 0. The van der Waals surface area contributed by atoms with Crippen LogP contribution in [0.3, 0.4) is 0 Å². The number of nitrogens with one attached hydrogen (secondary N) is 1. The van der Waals surface area contributed by atoms with E-state index >= 15 is 0 Å². The molecule has 0 saturated carbocycles. The summed E-state index contributed by atoms with van der Waals surface area (Å²) in [6.07, 6.45) is 2.92. The Morgan fingerprint density at radius 2 is 2.00 bits per heavy atom. The van der Waals surface area contributed by atoms with Crippen molar-refractivity contribution < 1.29 is 0 Å². The fraction of sp³-hybridized carbons (Fsp3) is 0.500. The summed E-state index contributed by atoms with van der Waals surface area (Å²) in [5.41, 5.74) is 8.43. The fourth-order valence-corrected chi connectivity index (χ4v) is 1.00. The quantitative estimate of drug-likeness (QED) is 0.432. The van der Waals surface area contributed by atoms with Crippen LogP contribution in [0, 0.1) is 5.53 Å². The molecule has 48 valence electrons. The second-order valence-corrected chi connectivity index (χ2v) is 2.02. The molecule has 1 rings (SSSR count). The van der Waals surface area contributed by atoms with E-state index in [1.165, 1.54) is 0 Å². The van der Waals surface area contributed by atoms with Gasteiger partial charge in [0.1, 0.15) is 0 Å². The maximum absolute atomic E-state index is 6.71. The fourth-order valence-electron chi connectivity index (χ4n) is 1.00. The minimum Gasteiger partial charge on any atom is -0.267 e. The molecule has 0 heterocycles. The van der Waals surface area contributed by atoms with Gasteiger partial charge in [-0.15, -0.1) is 0 Å². The molecule has 0 amide bonds. The minimum absolute atomic E-state index is 0.810. The molecule has 0 radical (unpaired) electrons. The van der Waals surface area contributed by atoms with Crippen LogP contribution in [0.5, 0.6) is 0 Å². The van der Waals surface area contributed by atoms with Crippen LogP contribution in [0.25, 0.3) is 0 Å². The molecule has 1 aliphatic carbocycles. The first-order valence-electron chi connectivity index (χ1n) is 2.94. The maximum Gasteiger partial charge on any atom is 0.0837 e. The van der Waals surface area contributed by atoms with E-state index in [0.717, 1.165) is 30.7 Å². The second-order valence-electron chi connectivity index (χ2n) is 2.02. The highest BCUT2D eigenvalue weighted by Gasteiger charge is 2.11. The van der Waals surface area contributed by atoms with Crippen LogP contribution in [0.2, 0.25) is 0 Å². The summed E-state index contributed by atoms with van der Waals surface area (Å²) in [5.74, 6) is 0. The highest BCUT2D eigenvalue weighted by Crippen LogP contribution is 2.26. The lowest BCUT2D eigenvalue weighted by Gasteiger charge is -1.89. The van der Waals surface area contributed by atoms with Gasteiger partial charge >= 0.3 is 0 Å². The lowest BCUT2D eigenvalue weighted by atomic mass is 10.3. The van der Waals surface area contributed by atoms with Gasteiger partial charge in [-0.25, -0.2) is 5.53 Å². The third-order valence-electron chi connectivity index (χ3n) is 1.49. The lowest BCUT2D eigenvalue weighted by Crippen LogP contribution is -1.72. The van der Waals surface area contributed by atoms with Crippen molar-refractivity contribution in [1.82, 2.24) is 0 Å². The Kier molecular flexibility index (Phi) is 1.72. The van der Waals surface area contributed by atoms with E-state index in [0.29, 0.717) is 0 Å². The van der Waals surface area contributed by atoms with Gasteiger partial charge < -0.3 is 0 Å². The van der Waals surface area contributed by atoms with Crippen LogP contribution >= 0.6 is 0 Å². The van der Waals surface area contributed by atoms with Gasteiger partial charge in [0.15, 0.2) is 0 Å². The van der Waals surface area contributed by atoms with Gasteiger partial charge in [0.25, 0.3) is 0 Å².